The van der Waals surface area contributed by atoms with Crippen molar-refractivity contribution in [3.05, 3.63) is 71.2 Å². The van der Waals surface area contributed by atoms with E-state index in [4.69, 9.17) is 14.6 Å². The van der Waals surface area contributed by atoms with Gasteiger partial charge >= 0.3 is 0 Å². The van der Waals surface area contributed by atoms with E-state index in [2.05, 4.69) is 26.1 Å². The number of anilines is 1. The number of carbonyl (C=O) groups excluding carboxylic acids is 2. The number of methoxy groups -OCH3 is 2. The Kier molecular flexibility index (Phi) is 8.42. The maximum absolute atomic E-state index is 14.4. The number of hydrogen-bond donors (Lipinski definition) is 1. The number of halogens is 1. The molecule has 0 saturated carbocycles. The molecule has 8 nitrogen and oxygen atoms in total. The van der Waals surface area contributed by atoms with Crippen molar-refractivity contribution < 1.29 is 23.5 Å². The van der Waals surface area contributed by atoms with E-state index < -0.39 is 5.41 Å². The van der Waals surface area contributed by atoms with Crippen molar-refractivity contribution in [2.75, 3.05) is 44.6 Å². The minimum atomic E-state index is -0.409. The standard InChI is InChI=1S/C28H33FN4O4S/c1-28(2,3)26-24-25(18-7-6-8-19(29)15-18)38-17-23(35)32(16-22(34)30-13-14-36-4)27(24)33(31-26)20-9-11-21(37-5)12-10-20/h6-12,15,25H,13-14,16-17H2,1-5H3,(H,30,34)/t25-/m1/s1. The molecule has 2 amide bonds. The van der Waals surface area contributed by atoms with Gasteiger partial charge in [0.05, 0.1) is 36.1 Å². The first kappa shape index (κ1) is 27.7. The molecule has 1 atom stereocenters. The van der Waals surface area contributed by atoms with Crippen molar-refractivity contribution >= 4 is 29.4 Å². The predicted molar refractivity (Wildman–Crippen MR) is 147 cm³/mol. The maximum atomic E-state index is 14.4. The summed E-state index contributed by atoms with van der Waals surface area (Å²) < 4.78 is 26.4. The number of thioether (sulfide) groups is 1. The zero-order valence-corrected chi connectivity index (χ0v) is 23.1. The average Bonchev–Trinajstić information content (AvgIpc) is 3.22. The van der Waals surface area contributed by atoms with Gasteiger partial charge in [-0.3, -0.25) is 14.5 Å². The van der Waals surface area contributed by atoms with E-state index in [0.29, 0.717) is 30.4 Å². The molecule has 3 aromatic rings. The highest BCUT2D eigenvalue weighted by atomic mass is 32.2. The summed E-state index contributed by atoms with van der Waals surface area (Å²) in [5, 5.41) is 7.46. The van der Waals surface area contributed by atoms with Crippen LogP contribution in [0.25, 0.3) is 5.69 Å². The molecule has 4 rings (SSSR count). The van der Waals surface area contributed by atoms with Crippen LogP contribution in [0.15, 0.2) is 48.5 Å². The highest BCUT2D eigenvalue weighted by molar-refractivity contribution is 8.00. The molecule has 0 bridgehead atoms. The Morgan fingerprint density at radius 1 is 1.18 bits per heavy atom. The minimum Gasteiger partial charge on any atom is -0.497 e. The number of hydrogen-bond acceptors (Lipinski definition) is 6. The summed E-state index contributed by atoms with van der Waals surface area (Å²) in [5.74, 6) is 0.415. The molecule has 0 aliphatic carbocycles. The summed E-state index contributed by atoms with van der Waals surface area (Å²) >= 11 is 1.41. The van der Waals surface area contributed by atoms with Gasteiger partial charge in [0.25, 0.3) is 0 Å². The third-order valence-electron chi connectivity index (χ3n) is 6.20. The molecular weight excluding hydrogens is 507 g/mol. The van der Waals surface area contributed by atoms with E-state index >= 15 is 0 Å². The molecule has 202 valence electrons. The number of carbonyl (C=O) groups is 2. The SMILES string of the molecule is COCCNC(=O)CN1C(=O)CS[C@H](c2cccc(F)c2)c2c(C(C)(C)C)nn(-c3ccc(OC)cc3)c21. The Balaban J connectivity index is 1.95. The van der Waals surface area contributed by atoms with Crippen LogP contribution in [-0.2, 0) is 19.7 Å². The number of ether oxygens (including phenoxy) is 2. The van der Waals surface area contributed by atoms with Crippen molar-refractivity contribution in [1.29, 1.82) is 0 Å². The van der Waals surface area contributed by atoms with Crippen LogP contribution in [0.5, 0.6) is 5.75 Å². The summed E-state index contributed by atoms with van der Waals surface area (Å²) in [7, 11) is 3.15. The molecule has 0 spiro atoms. The zero-order valence-electron chi connectivity index (χ0n) is 22.3. The highest BCUT2D eigenvalue weighted by Gasteiger charge is 2.40. The van der Waals surface area contributed by atoms with E-state index in [1.807, 2.05) is 30.3 Å². The third kappa shape index (κ3) is 5.86. The van der Waals surface area contributed by atoms with Crippen LogP contribution in [0.4, 0.5) is 10.2 Å². The molecule has 0 saturated heterocycles. The summed E-state index contributed by atoms with van der Waals surface area (Å²) in [6.45, 7) is 6.66. The third-order valence-corrected chi connectivity index (χ3v) is 7.45. The van der Waals surface area contributed by atoms with Crippen LogP contribution in [-0.4, -0.2) is 61.3 Å². The van der Waals surface area contributed by atoms with Gasteiger partial charge in [-0.25, -0.2) is 9.07 Å². The van der Waals surface area contributed by atoms with E-state index in [9.17, 15) is 14.0 Å². The van der Waals surface area contributed by atoms with Gasteiger partial charge in [0.2, 0.25) is 11.8 Å². The van der Waals surface area contributed by atoms with E-state index in [1.165, 1.54) is 28.8 Å². The minimum absolute atomic E-state index is 0.118. The van der Waals surface area contributed by atoms with E-state index in [0.717, 1.165) is 16.8 Å². The van der Waals surface area contributed by atoms with Crippen molar-refractivity contribution in [2.24, 2.45) is 0 Å². The second-order valence-electron chi connectivity index (χ2n) is 10.0. The summed E-state index contributed by atoms with van der Waals surface area (Å²) in [4.78, 5) is 28.0. The first-order valence-electron chi connectivity index (χ1n) is 12.3. The maximum Gasteiger partial charge on any atom is 0.240 e. The zero-order chi connectivity index (χ0) is 27.4. The lowest BCUT2D eigenvalue weighted by Crippen LogP contribution is -2.43. The Labute approximate surface area is 226 Å². The molecule has 1 aromatic heterocycles. The smallest absolute Gasteiger partial charge is 0.240 e. The van der Waals surface area contributed by atoms with Crippen LogP contribution >= 0.6 is 11.8 Å². The fourth-order valence-electron chi connectivity index (χ4n) is 4.40. The van der Waals surface area contributed by atoms with Gasteiger partial charge in [-0.1, -0.05) is 32.9 Å². The number of rotatable bonds is 8. The molecule has 1 aliphatic rings. The number of nitrogens with zero attached hydrogens (tertiary/aromatic N) is 3. The van der Waals surface area contributed by atoms with Gasteiger partial charge < -0.3 is 14.8 Å². The summed E-state index contributed by atoms with van der Waals surface area (Å²) in [6.07, 6.45) is 0. The lowest BCUT2D eigenvalue weighted by atomic mass is 9.87. The van der Waals surface area contributed by atoms with Crippen LogP contribution in [0.2, 0.25) is 0 Å². The molecular formula is C28H33FN4O4S. The summed E-state index contributed by atoms with van der Waals surface area (Å²) in [5.41, 5.74) is 2.59. The van der Waals surface area contributed by atoms with Crippen LogP contribution in [0.3, 0.4) is 0 Å². The lowest BCUT2D eigenvalue weighted by molar-refractivity contribution is -0.123. The Morgan fingerprint density at radius 3 is 2.55 bits per heavy atom. The largest absolute Gasteiger partial charge is 0.497 e. The molecule has 0 fully saturated rings. The quantitative estimate of drug-likeness (QED) is 0.430. The number of fused-ring (bicyclic) bond motifs is 1. The fraction of sp³-hybridized carbons (Fsp3) is 0.393. The molecule has 0 radical (unpaired) electrons. The van der Waals surface area contributed by atoms with Crippen LogP contribution in [0, 0.1) is 5.82 Å². The highest BCUT2D eigenvalue weighted by Crippen LogP contribution is 2.48. The topological polar surface area (TPSA) is 85.7 Å². The first-order valence-corrected chi connectivity index (χ1v) is 13.4. The normalized spacial score (nSPS) is 15.7. The number of aromatic nitrogens is 2. The predicted octanol–water partition coefficient (Wildman–Crippen LogP) is 4.25. The van der Waals surface area contributed by atoms with Gasteiger partial charge in [-0.2, -0.15) is 5.10 Å². The Bertz CT molecular complexity index is 1300. The van der Waals surface area contributed by atoms with Crippen LogP contribution < -0.4 is 15.0 Å². The van der Waals surface area contributed by atoms with Gasteiger partial charge in [0.15, 0.2) is 0 Å². The second kappa shape index (κ2) is 11.6. The van der Waals surface area contributed by atoms with Gasteiger partial charge in [-0.15, -0.1) is 11.8 Å². The molecule has 2 aromatic carbocycles. The average molecular weight is 541 g/mol. The Hall–Kier alpha value is -3.37. The van der Waals surface area contributed by atoms with Crippen LogP contribution in [0.1, 0.15) is 42.8 Å². The monoisotopic (exact) mass is 540 g/mol. The molecule has 38 heavy (non-hydrogen) atoms. The fourth-order valence-corrected chi connectivity index (χ4v) is 5.59. The van der Waals surface area contributed by atoms with E-state index in [-0.39, 0.29) is 35.2 Å². The van der Waals surface area contributed by atoms with Gasteiger partial charge in [0, 0.05) is 24.6 Å². The molecule has 0 unspecified atom stereocenters. The molecule has 2 heterocycles. The number of benzene rings is 2. The van der Waals surface area contributed by atoms with Crippen molar-refractivity contribution in [3.63, 3.8) is 0 Å². The first-order chi connectivity index (χ1) is 18.1. The van der Waals surface area contributed by atoms with Crippen molar-refractivity contribution in [2.45, 2.75) is 31.4 Å². The number of nitrogens with one attached hydrogen (secondary N) is 1. The van der Waals surface area contributed by atoms with Crippen molar-refractivity contribution in [3.8, 4) is 11.4 Å². The van der Waals surface area contributed by atoms with Crippen molar-refractivity contribution in [1.82, 2.24) is 15.1 Å². The van der Waals surface area contributed by atoms with Gasteiger partial charge in [-0.05, 0) is 42.0 Å². The summed E-state index contributed by atoms with van der Waals surface area (Å²) in [6, 6.07) is 13.8. The molecule has 10 heteroatoms. The molecule has 1 N–H and O–H groups in total. The molecule has 1 aliphatic heterocycles. The number of amides is 2. The van der Waals surface area contributed by atoms with E-state index in [1.54, 1.807) is 25.0 Å². The lowest BCUT2D eigenvalue weighted by Gasteiger charge is -2.24. The van der Waals surface area contributed by atoms with Gasteiger partial charge in [0.1, 0.15) is 23.9 Å². The second-order valence-corrected chi connectivity index (χ2v) is 11.1. The Morgan fingerprint density at radius 2 is 1.92 bits per heavy atom.